The molecular formula is C14H18N2S. The van der Waals surface area contributed by atoms with Crippen LogP contribution in [0.5, 0.6) is 0 Å². The van der Waals surface area contributed by atoms with Crippen molar-refractivity contribution < 1.29 is 0 Å². The van der Waals surface area contributed by atoms with Crippen molar-refractivity contribution in [2.24, 2.45) is 0 Å². The van der Waals surface area contributed by atoms with Crippen molar-refractivity contribution in [1.82, 2.24) is 0 Å². The normalized spacial score (nSPS) is 12.4. The number of benzene rings is 1. The zero-order chi connectivity index (χ0) is 12.3. The summed E-state index contributed by atoms with van der Waals surface area (Å²) in [6.45, 7) is 4.28. The first-order valence-electron chi connectivity index (χ1n) is 5.80. The van der Waals surface area contributed by atoms with Crippen LogP contribution in [0.2, 0.25) is 0 Å². The number of rotatable bonds is 4. The predicted octanol–water partition coefficient (Wildman–Crippen LogP) is 3.68. The van der Waals surface area contributed by atoms with E-state index in [0.717, 1.165) is 12.1 Å². The first-order chi connectivity index (χ1) is 8.15. The van der Waals surface area contributed by atoms with Crippen LogP contribution in [0.25, 0.3) is 0 Å². The molecule has 2 aromatic rings. The zero-order valence-electron chi connectivity index (χ0n) is 10.2. The average Bonchev–Trinajstić information content (AvgIpc) is 2.75. The lowest BCUT2D eigenvalue weighted by Crippen LogP contribution is -2.18. The van der Waals surface area contributed by atoms with E-state index in [1.165, 1.54) is 16.1 Å². The van der Waals surface area contributed by atoms with Gasteiger partial charge in [0, 0.05) is 28.7 Å². The summed E-state index contributed by atoms with van der Waals surface area (Å²) in [4.78, 5) is 1.41. The second-order valence-electron chi connectivity index (χ2n) is 4.40. The Bertz CT molecular complexity index is 477. The number of hydrogen-bond acceptors (Lipinski definition) is 3. The molecule has 3 heteroatoms. The van der Waals surface area contributed by atoms with Crippen LogP contribution in [0.4, 0.5) is 11.4 Å². The first-order valence-corrected chi connectivity index (χ1v) is 6.68. The highest BCUT2D eigenvalue weighted by atomic mass is 32.1. The molecule has 0 bridgehead atoms. The molecule has 0 aliphatic carbocycles. The lowest BCUT2D eigenvalue weighted by molar-refractivity contribution is 0.799. The number of anilines is 2. The van der Waals surface area contributed by atoms with Crippen molar-refractivity contribution in [2.45, 2.75) is 26.3 Å². The molecule has 0 radical (unpaired) electrons. The Morgan fingerprint density at radius 1 is 1.35 bits per heavy atom. The molecule has 2 rings (SSSR count). The van der Waals surface area contributed by atoms with Gasteiger partial charge >= 0.3 is 0 Å². The Morgan fingerprint density at radius 3 is 2.82 bits per heavy atom. The second kappa shape index (κ2) is 5.23. The molecule has 1 unspecified atom stereocenters. The number of nitrogen functional groups attached to an aromatic ring is 1. The van der Waals surface area contributed by atoms with E-state index in [1.807, 2.05) is 23.5 Å². The third-order valence-electron chi connectivity index (χ3n) is 2.74. The summed E-state index contributed by atoms with van der Waals surface area (Å²) in [6, 6.07) is 10.7. The minimum Gasteiger partial charge on any atom is -0.399 e. The second-order valence-corrected chi connectivity index (χ2v) is 5.44. The molecule has 90 valence electrons. The molecule has 17 heavy (non-hydrogen) atoms. The van der Waals surface area contributed by atoms with E-state index in [1.54, 1.807) is 0 Å². The standard InChI is InChI=1S/C14H18N2S/c1-10-8-12(15)5-6-14(10)16-11(2)9-13-4-3-7-17-13/h3-8,11,16H,9,15H2,1-2H3. The van der Waals surface area contributed by atoms with E-state index in [0.29, 0.717) is 6.04 Å². The third kappa shape index (κ3) is 3.24. The van der Waals surface area contributed by atoms with Crippen molar-refractivity contribution in [3.63, 3.8) is 0 Å². The van der Waals surface area contributed by atoms with Gasteiger partial charge in [-0.1, -0.05) is 6.07 Å². The fraction of sp³-hybridized carbons (Fsp3) is 0.286. The van der Waals surface area contributed by atoms with Crippen LogP contribution in [-0.2, 0) is 6.42 Å². The molecule has 0 amide bonds. The van der Waals surface area contributed by atoms with Gasteiger partial charge in [0.05, 0.1) is 0 Å². The van der Waals surface area contributed by atoms with Gasteiger partial charge in [0.1, 0.15) is 0 Å². The maximum absolute atomic E-state index is 5.74. The Labute approximate surface area is 106 Å². The summed E-state index contributed by atoms with van der Waals surface area (Å²) >= 11 is 1.81. The maximum Gasteiger partial charge on any atom is 0.0373 e. The quantitative estimate of drug-likeness (QED) is 0.808. The molecule has 2 nitrogen and oxygen atoms in total. The van der Waals surface area contributed by atoms with Crippen LogP contribution in [-0.4, -0.2) is 6.04 Å². The largest absolute Gasteiger partial charge is 0.399 e. The van der Waals surface area contributed by atoms with Gasteiger partial charge in [-0.3, -0.25) is 0 Å². The molecule has 1 aromatic heterocycles. The van der Waals surface area contributed by atoms with Crippen LogP contribution in [0.15, 0.2) is 35.7 Å². The van der Waals surface area contributed by atoms with Gasteiger partial charge in [0.2, 0.25) is 0 Å². The van der Waals surface area contributed by atoms with E-state index >= 15 is 0 Å². The smallest absolute Gasteiger partial charge is 0.0373 e. The Kier molecular flexibility index (Phi) is 3.69. The highest BCUT2D eigenvalue weighted by molar-refractivity contribution is 7.09. The van der Waals surface area contributed by atoms with Crippen molar-refractivity contribution in [3.05, 3.63) is 46.2 Å². The molecule has 0 aliphatic rings. The Hall–Kier alpha value is -1.48. The van der Waals surface area contributed by atoms with Gasteiger partial charge in [0.25, 0.3) is 0 Å². The summed E-state index contributed by atoms with van der Waals surface area (Å²) < 4.78 is 0. The predicted molar refractivity (Wildman–Crippen MR) is 76.7 cm³/mol. The van der Waals surface area contributed by atoms with Gasteiger partial charge < -0.3 is 11.1 Å². The highest BCUT2D eigenvalue weighted by Crippen LogP contribution is 2.20. The number of thiophene rings is 1. The van der Waals surface area contributed by atoms with Crippen LogP contribution in [0, 0.1) is 6.92 Å². The molecule has 0 spiro atoms. The molecule has 1 heterocycles. The van der Waals surface area contributed by atoms with Crippen LogP contribution in [0.3, 0.4) is 0 Å². The molecular weight excluding hydrogens is 228 g/mol. The van der Waals surface area contributed by atoms with E-state index in [9.17, 15) is 0 Å². The minimum atomic E-state index is 0.427. The maximum atomic E-state index is 5.74. The van der Waals surface area contributed by atoms with Gasteiger partial charge in [-0.15, -0.1) is 11.3 Å². The average molecular weight is 246 g/mol. The lowest BCUT2D eigenvalue weighted by Gasteiger charge is -2.16. The number of hydrogen-bond donors (Lipinski definition) is 2. The monoisotopic (exact) mass is 246 g/mol. The van der Waals surface area contributed by atoms with E-state index < -0.39 is 0 Å². The van der Waals surface area contributed by atoms with Gasteiger partial charge in [0.15, 0.2) is 0 Å². The summed E-state index contributed by atoms with van der Waals surface area (Å²) in [5, 5.41) is 5.65. The summed E-state index contributed by atoms with van der Waals surface area (Å²) in [7, 11) is 0. The SMILES string of the molecule is Cc1cc(N)ccc1NC(C)Cc1cccs1. The summed E-state index contributed by atoms with van der Waals surface area (Å²) in [5.74, 6) is 0. The number of aryl methyl sites for hydroxylation is 1. The van der Waals surface area contributed by atoms with Gasteiger partial charge in [-0.25, -0.2) is 0 Å². The Morgan fingerprint density at radius 2 is 2.18 bits per heavy atom. The summed E-state index contributed by atoms with van der Waals surface area (Å²) in [6.07, 6.45) is 1.06. The third-order valence-corrected chi connectivity index (χ3v) is 3.64. The van der Waals surface area contributed by atoms with E-state index in [2.05, 4.69) is 42.7 Å². The lowest BCUT2D eigenvalue weighted by atomic mass is 10.1. The molecule has 0 saturated carbocycles. The fourth-order valence-corrected chi connectivity index (χ4v) is 2.73. The van der Waals surface area contributed by atoms with E-state index in [-0.39, 0.29) is 0 Å². The van der Waals surface area contributed by atoms with Crippen LogP contribution in [0.1, 0.15) is 17.4 Å². The molecule has 1 aromatic carbocycles. The molecule has 3 N–H and O–H groups in total. The van der Waals surface area contributed by atoms with Crippen molar-refractivity contribution in [2.75, 3.05) is 11.1 Å². The molecule has 0 aliphatic heterocycles. The van der Waals surface area contributed by atoms with Crippen molar-refractivity contribution in [3.8, 4) is 0 Å². The van der Waals surface area contributed by atoms with Crippen LogP contribution < -0.4 is 11.1 Å². The number of nitrogens with one attached hydrogen (secondary N) is 1. The van der Waals surface area contributed by atoms with E-state index in [4.69, 9.17) is 5.73 Å². The first kappa shape index (κ1) is 12.0. The molecule has 1 atom stereocenters. The van der Waals surface area contributed by atoms with Crippen LogP contribution >= 0.6 is 11.3 Å². The number of nitrogens with two attached hydrogens (primary N) is 1. The Balaban J connectivity index is 2.00. The highest BCUT2D eigenvalue weighted by Gasteiger charge is 2.06. The van der Waals surface area contributed by atoms with Gasteiger partial charge in [-0.05, 0) is 49.1 Å². The molecule has 0 fully saturated rings. The van der Waals surface area contributed by atoms with Crippen molar-refractivity contribution in [1.29, 1.82) is 0 Å². The molecule has 0 saturated heterocycles. The minimum absolute atomic E-state index is 0.427. The van der Waals surface area contributed by atoms with Gasteiger partial charge in [-0.2, -0.15) is 0 Å². The summed E-state index contributed by atoms with van der Waals surface area (Å²) in [5.41, 5.74) is 8.93. The topological polar surface area (TPSA) is 38.0 Å². The fourth-order valence-electron chi connectivity index (χ4n) is 1.90. The van der Waals surface area contributed by atoms with Crippen molar-refractivity contribution >= 4 is 22.7 Å². The zero-order valence-corrected chi connectivity index (χ0v) is 11.1.